The summed E-state index contributed by atoms with van der Waals surface area (Å²) in [6, 6.07) is 9.93. The fourth-order valence-electron chi connectivity index (χ4n) is 4.95. The average Bonchev–Trinajstić information content (AvgIpc) is 3.45. The van der Waals surface area contributed by atoms with Crippen molar-refractivity contribution >= 4 is 12.6 Å². The Morgan fingerprint density at radius 3 is 2.82 bits per heavy atom. The second-order valence-corrected chi connectivity index (χ2v) is 8.81. The lowest BCUT2D eigenvalue weighted by Crippen LogP contribution is -2.52. The zero-order valence-electron chi connectivity index (χ0n) is 18.8. The molecule has 1 N–H and O–H groups in total. The molecule has 1 amide bonds. The third-order valence-electron chi connectivity index (χ3n) is 6.71. The Morgan fingerprint density at radius 2 is 2.06 bits per heavy atom. The van der Waals surface area contributed by atoms with Crippen LogP contribution in [0.3, 0.4) is 0 Å². The average molecular weight is 445 g/mol. The third-order valence-corrected chi connectivity index (χ3v) is 6.71. The minimum Gasteiger partial charge on any atom is -0.493 e. The number of hydrogen-bond donors (Lipinski definition) is 1. The van der Waals surface area contributed by atoms with E-state index in [0.29, 0.717) is 29.5 Å². The predicted octanol–water partition coefficient (Wildman–Crippen LogP) is 3.07. The first-order valence-corrected chi connectivity index (χ1v) is 11.3. The number of aryl methyl sites for hydroxylation is 1. The van der Waals surface area contributed by atoms with Crippen LogP contribution in [0.4, 0.5) is 0 Å². The van der Waals surface area contributed by atoms with Crippen LogP contribution in [0.25, 0.3) is 16.9 Å². The Hall–Kier alpha value is -3.52. The number of piperazine rings is 1. The van der Waals surface area contributed by atoms with Crippen LogP contribution in [0, 0.1) is 6.92 Å². The molecule has 2 saturated heterocycles. The maximum atomic E-state index is 13.0. The van der Waals surface area contributed by atoms with E-state index in [0.717, 1.165) is 49.3 Å². The van der Waals surface area contributed by atoms with Gasteiger partial charge in [0.05, 0.1) is 23.9 Å². The standard InChI is InChI=1S/C25H28N6O2/c1-17-12-18(13-26-2)5-7-21(17)22-15-28-31(25(22)33)23-8-6-19(14-27-23)24(32)30-11-10-29-9-3-4-20(29)16-30/h5-8,12,14-15,20,33H,2-4,9-11,13,16H2,1H3. The van der Waals surface area contributed by atoms with Crippen LogP contribution in [0.1, 0.15) is 34.3 Å². The number of aromatic nitrogens is 3. The van der Waals surface area contributed by atoms with E-state index in [1.807, 2.05) is 30.0 Å². The SMILES string of the molecule is C=NCc1ccc(-c2cnn(-c3ccc(C(=O)N4CCN5CCCC5C4)cn3)c2O)c(C)c1. The van der Waals surface area contributed by atoms with Crippen LogP contribution in [0.2, 0.25) is 0 Å². The molecule has 1 atom stereocenters. The summed E-state index contributed by atoms with van der Waals surface area (Å²) in [4.78, 5) is 25.7. The van der Waals surface area contributed by atoms with Crippen LogP contribution in [-0.4, -0.2) is 74.5 Å². The first-order valence-electron chi connectivity index (χ1n) is 11.3. The number of carbonyl (C=O) groups is 1. The monoisotopic (exact) mass is 444 g/mol. The molecule has 170 valence electrons. The number of benzene rings is 1. The van der Waals surface area contributed by atoms with Gasteiger partial charge in [0.25, 0.3) is 5.91 Å². The molecule has 8 nitrogen and oxygen atoms in total. The molecule has 1 unspecified atom stereocenters. The zero-order valence-corrected chi connectivity index (χ0v) is 18.8. The molecule has 3 aromatic rings. The van der Waals surface area contributed by atoms with Crippen molar-refractivity contribution in [3.05, 3.63) is 59.4 Å². The number of fused-ring (bicyclic) bond motifs is 1. The predicted molar refractivity (Wildman–Crippen MR) is 127 cm³/mol. The van der Waals surface area contributed by atoms with Crippen molar-refractivity contribution in [3.63, 3.8) is 0 Å². The summed E-state index contributed by atoms with van der Waals surface area (Å²) < 4.78 is 1.39. The largest absolute Gasteiger partial charge is 0.493 e. The van der Waals surface area contributed by atoms with Gasteiger partial charge in [0.15, 0.2) is 5.82 Å². The van der Waals surface area contributed by atoms with Gasteiger partial charge in [-0.15, -0.1) is 0 Å². The van der Waals surface area contributed by atoms with Gasteiger partial charge < -0.3 is 10.0 Å². The van der Waals surface area contributed by atoms with Crippen molar-refractivity contribution in [1.82, 2.24) is 24.6 Å². The summed E-state index contributed by atoms with van der Waals surface area (Å²) in [5, 5.41) is 15.2. The lowest BCUT2D eigenvalue weighted by atomic mass is 10.0. The Kier molecular flexibility index (Phi) is 5.68. The van der Waals surface area contributed by atoms with Gasteiger partial charge in [-0.1, -0.05) is 18.2 Å². The maximum absolute atomic E-state index is 13.0. The van der Waals surface area contributed by atoms with Gasteiger partial charge in [-0.2, -0.15) is 9.78 Å². The van der Waals surface area contributed by atoms with Crippen molar-refractivity contribution in [2.75, 3.05) is 26.2 Å². The molecular weight excluding hydrogens is 416 g/mol. The first-order chi connectivity index (χ1) is 16.0. The van der Waals surface area contributed by atoms with E-state index in [2.05, 4.69) is 26.7 Å². The summed E-state index contributed by atoms with van der Waals surface area (Å²) in [5.41, 5.74) is 4.16. The van der Waals surface area contributed by atoms with Crippen LogP contribution in [0.15, 0.2) is 47.7 Å². The van der Waals surface area contributed by atoms with Crippen molar-refractivity contribution < 1.29 is 9.90 Å². The molecule has 0 aliphatic carbocycles. The molecule has 8 heteroatoms. The molecule has 4 heterocycles. The molecule has 2 aliphatic heterocycles. The highest BCUT2D eigenvalue weighted by molar-refractivity contribution is 5.94. The highest BCUT2D eigenvalue weighted by atomic mass is 16.3. The molecule has 1 aromatic carbocycles. The van der Waals surface area contributed by atoms with Crippen LogP contribution in [0.5, 0.6) is 5.88 Å². The van der Waals surface area contributed by atoms with Gasteiger partial charge in [0.1, 0.15) is 0 Å². The van der Waals surface area contributed by atoms with Crippen LogP contribution < -0.4 is 0 Å². The third kappa shape index (κ3) is 4.02. The lowest BCUT2D eigenvalue weighted by Gasteiger charge is -2.37. The molecule has 2 fully saturated rings. The van der Waals surface area contributed by atoms with E-state index < -0.39 is 0 Å². The zero-order chi connectivity index (χ0) is 22.9. The van der Waals surface area contributed by atoms with Crippen molar-refractivity contribution in [3.8, 4) is 22.8 Å². The fraction of sp³-hybridized carbons (Fsp3) is 0.360. The van der Waals surface area contributed by atoms with Gasteiger partial charge in [-0.25, -0.2) is 4.98 Å². The van der Waals surface area contributed by atoms with E-state index in [4.69, 9.17) is 0 Å². The van der Waals surface area contributed by atoms with Gasteiger partial charge in [0, 0.05) is 31.9 Å². The molecule has 0 saturated carbocycles. The van der Waals surface area contributed by atoms with Gasteiger partial charge in [-0.3, -0.25) is 14.7 Å². The summed E-state index contributed by atoms with van der Waals surface area (Å²) in [5.74, 6) is 0.480. The molecular formula is C25H28N6O2. The lowest BCUT2D eigenvalue weighted by molar-refractivity contribution is 0.0571. The first kappa shape index (κ1) is 21.3. The number of carbonyl (C=O) groups excluding carboxylic acids is 1. The summed E-state index contributed by atoms with van der Waals surface area (Å²) in [6.45, 7) is 9.70. The van der Waals surface area contributed by atoms with Crippen LogP contribution >= 0.6 is 0 Å². The summed E-state index contributed by atoms with van der Waals surface area (Å²) >= 11 is 0. The minimum absolute atomic E-state index is 0.00991. The van der Waals surface area contributed by atoms with E-state index in [1.165, 1.54) is 11.1 Å². The second kappa shape index (κ2) is 8.78. The highest BCUT2D eigenvalue weighted by Gasteiger charge is 2.32. The molecule has 5 rings (SSSR count). The van der Waals surface area contributed by atoms with E-state index in [1.54, 1.807) is 24.5 Å². The van der Waals surface area contributed by atoms with Gasteiger partial charge >= 0.3 is 0 Å². The Balaban J connectivity index is 1.34. The normalized spacial score (nSPS) is 18.3. The van der Waals surface area contributed by atoms with Gasteiger partial charge in [-0.05, 0) is 61.9 Å². The number of amides is 1. The topological polar surface area (TPSA) is 86.9 Å². The van der Waals surface area contributed by atoms with E-state index in [-0.39, 0.29) is 11.8 Å². The van der Waals surface area contributed by atoms with E-state index in [9.17, 15) is 9.90 Å². The van der Waals surface area contributed by atoms with Gasteiger partial charge in [0.2, 0.25) is 5.88 Å². The Bertz CT molecular complexity index is 1190. The number of rotatable bonds is 5. The summed E-state index contributed by atoms with van der Waals surface area (Å²) in [7, 11) is 0. The van der Waals surface area contributed by atoms with Crippen molar-refractivity contribution in [2.24, 2.45) is 4.99 Å². The van der Waals surface area contributed by atoms with Crippen molar-refractivity contribution in [1.29, 1.82) is 0 Å². The number of nitrogens with zero attached hydrogens (tertiary/aromatic N) is 6. The summed E-state index contributed by atoms with van der Waals surface area (Å²) in [6.07, 6.45) is 5.58. The van der Waals surface area contributed by atoms with Crippen LogP contribution in [-0.2, 0) is 6.54 Å². The number of pyridine rings is 1. The number of aliphatic imine (C=N–C) groups is 1. The molecule has 0 spiro atoms. The molecule has 2 aliphatic rings. The van der Waals surface area contributed by atoms with Crippen molar-refractivity contribution in [2.45, 2.75) is 32.4 Å². The maximum Gasteiger partial charge on any atom is 0.255 e. The smallest absolute Gasteiger partial charge is 0.255 e. The minimum atomic E-state index is 0.00991. The highest BCUT2D eigenvalue weighted by Crippen LogP contribution is 2.33. The Labute approximate surface area is 193 Å². The quantitative estimate of drug-likeness (QED) is 0.611. The Morgan fingerprint density at radius 1 is 1.18 bits per heavy atom. The molecule has 0 radical (unpaired) electrons. The second-order valence-electron chi connectivity index (χ2n) is 8.81. The molecule has 2 aromatic heterocycles. The number of hydrogen-bond acceptors (Lipinski definition) is 6. The fourth-order valence-corrected chi connectivity index (χ4v) is 4.95. The molecule has 33 heavy (non-hydrogen) atoms. The number of aromatic hydroxyl groups is 1. The van der Waals surface area contributed by atoms with E-state index >= 15 is 0 Å². The molecule has 0 bridgehead atoms.